The topological polar surface area (TPSA) is 51.8 Å². The SMILES string of the molecule is c1ccc(-c2nc(-c3cccc(-c4cccc5c4oc4ccccc45)c3)nc(-c3cccc4sc5cc(-c6cc7ccccc7c7ccccc67)ccc5c34)n2)cc1. The molecule has 9 aromatic carbocycles. The quantitative estimate of drug-likeness (QED) is 0.164. The minimum atomic E-state index is 0.615. The molecule has 5 heteroatoms. The van der Waals surface area contributed by atoms with E-state index >= 15 is 0 Å². The Labute approximate surface area is 337 Å². The standard InChI is InChI=1S/C53H31N3OS/c1-2-13-32(14-3-1)51-54-52(36-17-10-16-33(29-36)38-22-11-23-42-41-21-8-9-25-46(41)57-50(38)42)56-53(55-51)44-24-12-26-47-49(44)43-28-27-35(31-48(43)58-47)45-30-34-15-4-5-18-37(34)39-19-6-7-20-40(39)45/h1-31H. The van der Waals surface area contributed by atoms with Crippen LogP contribution in [-0.2, 0) is 0 Å². The summed E-state index contributed by atoms with van der Waals surface area (Å²) >= 11 is 1.81. The summed E-state index contributed by atoms with van der Waals surface area (Å²) in [6, 6.07) is 66.2. The molecule has 12 aromatic rings. The molecule has 3 aromatic heterocycles. The smallest absolute Gasteiger partial charge is 0.164 e. The Morgan fingerprint density at radius 1 is 0.345 bits per heavy atom. The van der Waals surface area contributed by atoms with Gasteiger partial charge >= 0.3 is 0 Å². The zero-order chi connectivity index (χ0) is 38.2. The number of benzene rings is 9. The van der Waals surface area contributed by atoms with Gasteiger partial charge in [-0.2, -0.15) is 0 Å². The van der Waals surface area contributed by atoms with Crippen LogP contribution in [0.4, 0.5) is 0 Å². The summed E-state index contributed by atoms with van der Waals surface area (Å²) in [6.07, 6.45) is 0. The van der Waals surface area contributed by atoms with Crippen molar-refractivity contribution in [2.24, 2.45) is 0 Å². The highest BCUT2D eigenvalue weighted by Gasteiger charge is 2.19. The number of aromatic nitrogens is 3. The van der Waals surface area contributed by atoms with Crippen LogP contribution in [0.15, 0.2) is 192 Å². The second kappa shape index (κ2) is 13.1. The Balaban J connectivity index is 1.02. The Morgan fingerprint density at radius 3 is 1.88 bits per heavy atom. The maximum absolute atomic E-state index is 6.43. The van der Waals surface area contributed by atoms with Crippen LogP contribution < -0.4 is 0 Å². The zero-order valence-electron chi connectivity index (χ0n) is 31.1. The van der Waals surface area contributed by atoms with Crippen molar-refractivity contribution in [2.75, 3.05) is 0 Å². The van der Waals surface area contributed by atoms with Crippen molar-refractivity contribution in [1.82, 2.24) is 15.0 Å². The molecule has 0 saturated carbocycles. The van der Waals surface area contributed by atoms with Gasteiger partial charge < -0.3 is 4.42 Å². The van der Waals surface area contributed by atoms with Gasteiger partial charge in [0.2, 0.25) is 0 Å². The second-order valence-electron chi connectivity index (χ2n) is 14.7. The molecule has 0 bridgehead atoms. The van der Waals surface area contributed by atoms with Crippen molar-refractivity contribution in [3.63, 3.8) is 0 Å². The van der Waals surface area contributed by atoms with E-state index < -0.39 is 0 Å². The van der Waals surface area contributed by atoms with Gasteiger partial charge in [0.25, 0.3) is 0 Å². The van der Waals surface area contributed by atoms with E-state index in [1.165, 1.54) is 47.5 Å². The van der Waals surface area contributed by atoms with Crippen molar-refractivity contribution >= 4 is 75.0 Å². The van der Waals surface area contributed by atoms with Gasteiger partial charge in [-0.1, -0.05) is 158 Å². The van der Waals surface area contributed by atoms with Crippen LogP contribution in [-0.4, -0.2) is 15.0 Å². The van der Waals surface area contributed by atoms with Gasteiger partial charge in [0, 0.05) is 53.2 Å². The first-order valence-corrected chi connectivity index (χ1v) is 20.2. The van der Waals surface area contributed by atoms with E-state index in [1.54, 1.807) is 0 Å². The zero-order valence-corrected chi connectivity index (χ0v) is 31.9. The minimum Gasteiger partial charge on any atom is -0.455 e. The lowest BCUT2D eigenvalue weighted by molar-refractivity contribution is 0.670. The summed E-state index contributed by atoms with van der Waals surface area (Å²) in [6.45, 7) is 0. The highest BCUT2D eigenvalue weighted by Crippen LogP contribution is 2.43. The van der Waals surface area contributed by atoms with Crippen LogP contribution in [0.1, 0.15) is 0 Å². The highest BCUT2D eigenvalue weighted by molar-refractivity contribution is 7.26. The molecule has 0 unspecified atom stereocenters. The third-order valence-corrected chi connectivity index (χ3v) is 12.4. The molecule has 3 heterocycles. The molecule has 270 valence electrons. The molecule has 0 spiro atoms. The fourth-order valence-electron chi connectivity index (χ4n) is 8.61. The van der Waals surface area contributed by atoms with E-state index in [-0.39, 0.29) is 0 Å². The summed E-state index contributed by atoms with van der Waals surface area (Å²) < 4.78 is 8.85. The third kappa shape index (κ3) is 5.25. The molecule has 12 rings (SSSR count). The molecule has 0 aliphatic heterocycles. The second-order valence-corrected chi connectivity index (χ2v) is 15.8. The van der Waals surface area contributed by atoms with Crippen LogP contribution in [0.2, 0.25) is 0 Å². The molecule has 0 radical (unpaired) electrons. The minimum absolute atomic E-state index is 0.615. The van der Waals surface area contributed by atoms with Crippen LogP contribution in [0, 0.1) is 0 Å². The molecule has 0 saturated heterocycles. The lowest BCUT2D eigenvalue weighted by atomic mass is 9.93. The summed E-state index contributed by atoms with van der Waals surface area (Å²) in [4.78, 5) is 15.5. The van der Waals surface area contributed by atoms with E-state index in [0.29, 0.717) is 17.5 Å². The third-order valence-electron chi connectivity index (χ3n) is 11.3. The van der Waals surface area contributed by atoms with E-state index in [1.807, 2.05) is 41.7 Å². The van der Waals surface area contributed by atoms with E-state index in [2.05, 4.69) is 158 Å². The fraction of sp³-hybridized carbons (Fsp3) is 0. The maximum Gasteiger partial charge on any atom is 0.164 e. The average molecular weight is 758 g/mol. The Kier molecular flexibility index (Phi) is 7.37. The van der Waals surface area contributed by atoms with E-state index in [0.717, 1.165) is 55.1 Å². The van der Waals surface area contributed by atoms with Gasteiger partial charge in [-0.3, -0.25) is 0 Å². The predicted molar refractivity (Wildman–Crippen MR) is 242 cm³/mol. The Morgan fingerprint density at radius 2 is 0.983 bits per heavy atom. The average Bonchev–Trinajstić information content (AvgIpc) is 3.87. The van der Waals surface area contributed by atoms with E-state index in [4.69, 9.17) is 19.4 Å². The predicted octanol–water partition coefficient (Wildman–Crippen LogP) is 14.8. The number of para-hydroxylation sites is 2. The molecular formula is C53H31N3OS. The molecule has 0 aliphatic carbocycles. The number of hydrogen-bond donors (Lipinski definition) is 0. The monoisotopic (exact) mass is 757 g/mol. The molecule has 0 N–H and O–H groups in total. The molecule has 4 nitrogen and oxygen atoms in total. The van der Waals surface area contributed by atoms with Crippen molar-refractivity contribution in [3.05, 3.63) is 188 Å². The molecule has 0 fully saturated rings. The van der Waals surface area contributed by atoms with Gasteiger partial charge in [-0.05, 0) is 68.6 Å². The number of furan rings is 1. The largest absolute Gasteiger partial charge is 0.455 e. The van der Waals surface area contributed by atoms with Crippen molar-refractivity contribution in [2.45, 2.75) is 0 Å². The number of rotatable bonds is 5. The van der Waals surface area contributed by atoms with Crippen molar-refractivity contribution < 1.29 is 4.42 Å². The van der Waals surface area contributed by atoms with Crippen LogP contribution >= 0.6 is 11.3 Å². The number of thiophene rings is 1. The van der Waals surface area contributed by atoms with Gasteiger partial charge in [0.15, 0.2) is 17.5 Å². The summed E-state index contributed by atoms with van der Waals surface area (Å²) in [5.74, 6) is 1.89. The normalized spacial score (nSPS) is 11.8. The van der Waals surface area contributed by atoms with Gasteiger partial charge in [0.1, 0.15) is 11.2 Å². The van der Waals surface area contributed by atoms with E-state index in [9.17, 15) is 0 Å². The first-order valence-electron chi connectivity index (χ1n) is 19.4. The van der Waals surface area contributed by atoms with Crippen molar-refractivity contribution in [1.29, 1.82) is 0 Å². The first kappa shape index (κ1) is 32.7. The Bertz CT molecular complexity index is 3590. The maximum atomic E-state index is 6.43. The molecule has 0 aliphatic rings. The van der Waals surface area contributed by atoms with Gasteiger partial charge in [-0.25, -0.2) is 15.0 Å². The summed E-state index contributed by atoms with van der Waals surface area (Å²) in [7, 11) is 0. The van der Waals surface area contributed by atoms with Crippen LogP contribution in [0.25, 0.3) is 120 Å². The van der Waals surface area contributed by atoms with Crippen LogP contribution in [0.5, 0.6) is 0 Å². The van der Waals surface area contributed by atoms with Crippen molar-refractivity contribution in [3.8, 4) is 56.4 Å². The molecule has 0 atom stereocenters. The fourth-order valence-corrected chi connectivity index (χ4v) is 9.79. The number of nitrogens with zero attached hydrogens (tertiary/aromatic N) is 3. The van der Waals surface area contributed by atoms with Gasteiger partial charge in [0.05, 0.1) is 0 Å². The summed E-state index contributed by atoms with van der Waals surface area (Å²) in [5, 5.41) is 9.59. The molecule has 58 heavy (non-hydrogen) atoms. The number of hydrogen-bond acceptors (Lipinski definition) is 5. The summed E-state index contributed by atoms with van der Waals surface area (Å²) in [5.41, 5.74) is 9.07. The Hall–Kier alpha value is -7.47. The van der Waals surface area contributed by atoms with Crippen LogP contribution in [0.3, 0.4) is 0 Å². The number of fused-ring (bicyclic) bond motifs is 9. The molecule has 0 amide bonds. The van der Waals surface area contributed by atoms with Gasteiger partial charge in [-0.15, -0.1) is 11.3 Å². The highest BCUT2D eigenvalue weighted by atomic mass is 32.1. The lowest BCUT2D eigenvalue weighted by Crippen LogP contribution is -2.00. The lowest BCUT2D eigenvalue weighted by Gasteiger charge is -2.12. The molecular weight excluding hydrogens is 727 g/mol. The first-order chi connectivity index (χ1) is 28.7.